The number of benzene rings is 1. The van der Waals surface area contributed by atoms with E-state index in [9.17, 15) is 4.79 Å². The molecular weight excluding hydrogens is 356 g/mol. The Labute approximate surface area is 159 Å². The molecule has 1 fully saturated rings. The van der Waals surface area contributed by atoms with E-state index in [4.69, 9.17) is 15.0 Å². The van der Waals surface area contributed by atoms with Gasteiger partial charge in [0.25, 0.3) is 5.89 Å². The minimum Gasteiger partial charge on any atom is -0.381 e. The topological polar surface area (TPSA) is 103 Å². The minimum atomic E-state index is -0.795. The molecule has 8 heteroatoms. The van der Waals surface area contributed by atoms with Crippen molar-refractivity contribution >= 4 is 18.3 Å². The van der Waals surface area contributed by atoms with E-state index >= 15 is 0 Å². The minimum absolute atomic E-state index is 0. The van der Waals surface area contributed by atoms with Gasteiger partial charge in [0, 0.05) is 31.7 Å². The Morgan fingerprint density at radius 3 is 2.58 bits per heavy atom. The largest absolute Gasteiger partial charge is 0.381 e. The van der Waals surface area contributed by atoms with E-state index in [0.717, 1.165) is 24.0 Å². The maximum Gasteiger partial charge on any atom is 0.257 e. The number of aromatic nitrogens is 2. The average molecular weight is 381 g/mol. The van der Waals surface area contributed by atoms with Gasteiger partial charge in [0.15, 0.2) is 5.82 Å². The number of ether oxygens (including phenoxy) is 1. The van der Waals surface area contributed by atoms with Gasteiger partial charge in [-0.1, -0.05) is 24.2 Å². The van der Waals surface area contributed by atoms with Crippen molar-refractivity contribution in [2.75, 3.05) is 19.8 Å². The molecule has 1 saturated heterocycles. The van der Waals surface area contributed by atoms with Gasteiger partial charge in [0.2, 0.25) is 5.91 Å². The highest BCUT2D eigenvalue weighted by molar-refractivity contribution is 5.86. The van der Waals surface area contributed by atoms with Gasteiger partial charge in [-0.25, -0.2) is 0 Å². The number of amides is 1. The first-order valence-corrected chi connectivity index (χ1v) is 8.67. The number of aryl methyl sites for hydroxylation is 1. The van der Waals surface area contributed by atoms with Crippen LogP contribution in [0.2, 0.25) is 0 Å². The van der Waals surface area contributed by atoms with Crippen LogP contribution in [0.1, 0.15) is 31.2 Å². The normalized spacial score (nSPS) is 15.9. The molecule has 2 aromatic rings. The number of carbonyl (C=O) groups excluding carboxylic acids is 1. The zero-order valence-electron chi connectivity index (χ0n) is 14.9. The predicted molar refractivity (Wildman–Crippen MR) is 100 cm³/mol. The third-order valence-corrected chi connectivity index (χ3v) is 4.52. The van der Waals surface area contributed by atoms with Crippen molar-refractivity contribution in [3.05, 3.63) is 35.7 Å². The molecule has 26 heavy (non-hydrogen) atoms. The Balaban J connectivity index is 0.00000243. The molecule has 0 bridgehead atoms. The van der Waals surface area contributed by atoms with Crippen LogP contribution in [-0.2, 0) is 22.4 Å². The Morgan fingerprint density at radius 1 is 1.27 bits per heavy atom. The monoisotopic (exact) mass is 380 g/mol. The second-order valence-electron chi connectivity index (χ2n) is 6.34. The number of carbonyl (C=O) groups is 1. The Hall–Kier alpha value is -1.96. The molecule has 0 unspecified atom stereocenters. The van der Waals surface area contributed by atoms with E-state index in [2.05, 4.69) is 15.5 Å². The molecule has 2 heterocycles. The molecule has 1 aliphatic heterocycles. The molecule has 0 atom stereocenters. The van der Waals surface area contributed by atoms with Crippen molar-refractivity contribution in [1.82, 2.24) is 15.5 Å². The maximum atomic E-state index is 12.3. The molecule has 3 N–H and O–H groups in total. The van der Waals surface area contributed by atoms with Crippen molar-refractivity contribution in [2.45, 2.75) is 38.1 Å². The zero-order chi connectivity index (χ0) is 17.7. The van der Waals surface area contributed by atoms with Crippen LogP contribution in [0.25, 0.3) is 11.5 Å². The molecular formula is C18H25ClN4O3. The fourth-order valence-electron chi connectivity index (χ4n) is 2.79. The Bertz CT molecular complexity index is 711. The molecule has 1 aliphatic rings. The van der Waals surface area contributed by atoms with Crippen LogP contribution in [0.15, 0.2) is 28.8 Å². The van der Waals surface area contributed by atoms with Crippen LogP contribution in [0.5, 0.6) is 0 Å². The van der Waals surface area contributed by atoms with Crippen LogP contribution in [0.4, 0.5) is 0 Å². The summed E-state index contributed by atoms with van der Waals surface area (Å²) in [5, 5.41) is 6.84. The summed E-state index contributed by atoms with van der Waals surface area (Å²) >= 11 is 0. The molecule has 142 valence electrons. The molecule has 7 nitrogen and oxygen atoms in total. The highest BCUT2D eigenvalue weighted by Crippen LogP contribution is 2.19. The van der Waals surface area contributed by atoms with Crippen molar-refractivity contribution < 1.29 is 14.1 Å². The third-order valence-electron chi connectivity index (χ3n) is 4.52. The molecule has 1 amide bonds. The number of nitrogens with one attached hydrogen (secondary N) is 1. The fraction of sp³-hybridized carbons (Fsp3) is 0.500. The lowest BCUT2D eigenvalue weighted by molar-refractivity contribution is -0.129. The molecule has 0 spiro atoms. The van der Waals surface area contributed by atoms with Crippen LogP contribution >= 0.6 is 12.4 Å². The van der Waals surface area contributed by atoms with Crippen LogP contribution < -0.4 is 11.1 Å². The second-order valence-corrected chi connectivity index (χ2v) is 6.34. The van der Waals surface area contributed by atoms with Gasteiger partial charge < -0.3 is 20.3 Å². The summed E-state index contributed by atoms with van der Waals surface area (Å²) in [7, 11) is 0. The first kappa shape index (κ1) is 20.4. The smallest absolute Gasteiger partial charge is 0.257 e. The zero-order valence-corrected chi connectivity index (χ0v) is 15.7. The van der Waals surface area contributed by atoms with Crippen LogP contribution in [0, 0.1) is 0 Å². The molecule has 0 saturated carbocycles. The summed E-state index contributed by atoms with van der Waals surface area (Å²) in [6.07, 6.45) is 2.62. The van der Waals surface area contributed by atoms with E-state index in [-0.39, 0.29) is 18.3 Å². The van der Waals surface area contributed by atoms with Gasteiger partial charge in [-0.15, -0.1) is 12.4 Å². The van der Waals surface area contributed by atoms with Gasteiger partial charge in [-0.2, -0.15) is 4.98 Å². The highest BCUT2D eigenvalue weighted by Gasteiger charge is 2.35. The van der Waals surface area contributed by atoms with Crippen LogP contribution in [-0.4, -0.2) is 41.3 Å². The summed E-state index contributed by atoms with van der Waals surface area (Å²) in [5.74, 6) is 1.14. The first-order chi connectivity index (χ1) is 12.1. The highest BCUT2D eigenvalue weighted by atomic mass is 35.5. The van der Waals surface area contributed by atoms with Gasteiger partial charge >= 0.3 is 0 Å². The van der Waals surface area contributed by atoms with Gasteiger partial charge in [-0.05, 0) is 37.0 Å². The molecule has 3 rings (SSSR count). The van der Waals surface area contributed by atoms with Gasteiger partial charge in [0.05, 0.1) is 5.54 Å². The number of hydrogen-bond acceptors (Lipinski definition) is 6. The van der Waals surface area contributed by atoms with Crippen molar-refractivity contribution in [2.24, 2.45) is 5.73 Å². The number of nitrogens with zero attached hydrogens (tertiary/aromatic N) is 2. The van der Waals surface area contributed by atoms with E-state index < -0.39 is 5.54 Å². The summed E-state index contributed by atoms with van der Waals surface area (Å²) in [5.41, 5.74) is 7.38. The molecule has 0 radical (unpaired) electrons. The molecule has 0 aliphatic carbocycles. The number of rotatable bonds is 6. The van der Waals surface area contributed by atoms with Crippen LogP contribution in [0.3, 0.4) is 0 Å². The lowest BCUT2D eigenvalue weighted by Gasteiger charge is -2.31. The Morgan fingerprint density at radius 2 is 1.96 bits per heavy atom. The average Bonchev–Trinajstić information content (AvgIpc) is 3.12. The Kier molecular flexibility index (Phi) is 7.14. The molecule has 1 aromatic heterocycles. The first-order valence-electron chi connectivity index (χ1n) is 8.67. The number of hydrogen-bond donors (Lipinski definition) is 2. The van der Waals surface area contributed by atoms with Crippen molar-refractivity contribution in [3.8, 4) is 11.5 Å². The quantitative estimate of drug-likeness (QED) is 0.793. The van der Waals surface area contributed by atoms with E-state index in [0.29, 0.717) is 44.3 Å². The summed E-state index contributed by atoms with van der Waals surface area (Å²) in [4.78, 5) is 16.6. The lowest BCUT2D eigenvalue weighted by atomic mass is 9.90. The van der Waals surface area contributed by atoms with Crippen molar-refractivity contribution in [1.29, 1.82) is 0 Å². The fourth-order valence-corrected chi connectivity index (χ4v) is 2.79. The van der Waals surface area contributed by atoms with E-state index in [1.807, 2.05) is 31.2 Å². The second kappa shape index (κ2) is 9.12. The lowest BCUT2D eigenvalue weighted by Crippen LogP contribution is -2.57. The number of nitrogens with two attached hydrogens (primary N) is 1. The summed E-state index contributed by atoms with van der Waals surface area (Å²) < 4.78 is 10.5. The third kappa shape index (κ3) is 4.81. The van der Waals surface area contributed by atoms with Crippen molar-refractivity contribution in [3.63, 3.8) is 0 Å². The van der Waals surface area contributed by atoms with E-state index in [1.54, 1.807) is 0 Å². The molecule has 1 aromatic carbocycles. The summed E-state index contributed by atoms with van der Waals surface area (Å²) in [6, 6.07) is 7.91. The van der Waals surface area contributed by atoms with Gasteiger partial charge in [-0.3, -0.25) is 4.79 Å². The maximum absolute atomic E-state index is 12.3. The predicted octanol–water partition coefficient (Wildman–Crippen LogP) is 1.89. The van der Waals surface area contributed by atoms with E-state index in [1.165, 1.54) is 0 Å². The summed E-state index contributed by atoms with van der Waals surface area (Å²) in [6.45, 7) is 3.62. The standard InChI is InChI=1S/C18H24N4O3.ClH/c1-2-15-21-16(25-22-15)14-5-3-13(4-6-14)7-10-20-17(23)18(19)8-11-24-12-9-18;/h3-6H,2,7-12,19H2,1H3,(H,20,23);1H. The number of halogens is 1. The van der Waals surface area contributed by atoms with Gasteiger partial charge in [0.1, 0.15) is 0 Å². The SMILES string of the molecule is CCc1noc(-c2ccc(CCNC(=O)C3(N)CCOCC3)cc2)n1.Cl.